The second-order valence-electron chi connectivity index (χ2n) is 4.99. The smallest absolute Gasteiger partial charge is 0.271 e. The molecule has 0 radical (unpaired) electrons. The minimum atomic E-state index is -0.0211. The SMILES string of the molecule is CCCCN(C)C(=O)/C(N)=C(\CC)N1CCCC1. The summed E-state index contributed by atoms with van der Waals surface area (Å²) < 4.78 is 0. The van der Waals surface area contributed by atoms with E-state index in [-0.39, 0.29) is 5.91 Å². The van der Waals surface area contributed by atoms with Crippen LogP contribution in [0, 0.1) is 0 Å². The van der Waals surface area contributed by atoms with Gasteiger partial charge in [-0.1, -0.05) is 20.3 Å². The molecule has 0 bridgehead atoms. The Labute approximate surface area is 111 Å². The number of unbranched alkanes of at least 4 members (excludes halogenated alkanes) is 1. The molecule has 1 amide bonds. The second-order valence-corrected chi connectivity index (χ2v) is 4.99. The van der Waals surface area contributed by atoms with Gasteiger partial charge in [0.15, 0.2) is 0 Å². The monoisotopic (exact) mass is 253 g/mol. The van der Waals surface area contributed by atoms with E-state index in [4.69, 9.17) is 5.73 Å². The molecular formula is C14H27N3O. The van der Waals surface area contributed by atoms with Crippen LogP contribution in [0.4, 0.5) is 0 Å². The lowest BCUT2D eigenvalue weighted by molar-refractivity contribution is -0.126. The minimum Gasteiger partial charge on any atom is -0.393 e. The normalized spacial score (nSPS) is 16.7. The van der Waals surface area contributed by atoms with Gasteiger partial charge in [-0.25, -0.2) is 0 Å². The molecule has 1 heterocycles. The molecule has 0 unspecified atom stereocenters. The summed E-state index contributed by atoms with van der Waals surface area (Å²) in [5, 5.41) is 0. The van der Waals surface area contributed by atoms with Crippen LogP contribution in [-0.2, 0) is 4.79 Å². The van der Waals surface area contributed by atoms with Gasteiger partial charge >= 0.3 is 0 Å². The summed E-state index contributed by atoms with van der Waals surface area (Å²) in [6.45, 7) is 7.05. The summed E-state index contributed by atoms with van der Waals surface area (Å²) in [7, 11) is 1.84. The van der Waals surface area contributed by atoms with Gasteiger partial charge in [0.2, 0.25) is 0 Å². The first-order valence-electron chi connectivity index (χ1n) is 7.10. The number of carbonyl (C=O) groups is 1. The van der Waals surface area contributed by atoms with Crippen LogP contribution in [0.2, 0.25) is 0 Å². The summed E-state index contributed by atoms with van der Waals surface area (Å²) in [4.78, 5) is 16.2. The fourth-order valence-electron chi connectivity index (χ4n) is 2.40. The number of nitrogens with zero attached hydrogens (tertiary/aromatic N) is 2. The molecule has 0 aromatic heterocycles. The maximum atomic E-state index is 12.2. The first kappa shape index (κ1) is 14.9. The van der Waals surface area contributed by atoms with E-state index >= 15 is 0 Å². The quantitative estimate of drug-likeness (QED) is 0.736. The molecule has 4 nitrogen and oxygen atoms in total. The summed E-state index contributed by atoms with van der Waals surface area (Å²) >= 11 is 0. The number of amides is 1. The number of nitrogens with two attached hydrogens (primary N) is 1. The van der Waals surface area contributed by atoms with Gasteiger partial charge in [-0.05, 0) is 25.7 Å². The summed E-state index contributed by atoms with van der Waals surface area (Å²) in [6, 6.07) is 0. The van der Waals surface area contributed by atoms with Gasteiger partial charge in [0.25, 0.3) is 5.91 Å². The van der Waals surface area contributed by atoms with Gasteiger partial charge in [0.1, 0.15) is 5.70 Å². The highest BCUT2D eigenvalue weighted by Gasteiger charge is 2.21. The van der Waals surface area contributed by atoms with Crippen molar-refractivity contribution in [3.63, 3.8) is 0 Å². The van der Waals surface area contributed by atoms with Crippen LogP contribution in [0.5, 0.6) is 0 Å². The number of hydrogen-bond donors (Lipinski definition) is 1. The third-order valence-corrected chi connectivity index (χ3v) is 3.56. The zero-order valence-electron chi connectivity index (χ0n) is 12.0. The highest BCUT2D eigenvalue weighted by atomic mass is 16.2. The van der Waals surface area contributed by atoms with E-state index in [1.807, 2.05) is 7.05 Å². The van der Waals surface area contributed by atoms with Crippen molar-refractivity contribution in [1.82, 2.24) is 9.80 Å². The fraction of sp³-hybridized carbons (Fsp3) is 0.786. The molecule has 104 valence electrons. The number of likely N-dealkylation sites (N-methyl/N-ethyl adjacent to an activating group) is 1. The molecule has 0 saturated carbocycles. The Balaban J connectivity index is 2.73. The van der Waals surface area contributed by atoms with Crippen molar-refractivity contribution in [2.24, 2.45) is 5.73 Å². The maximum absolute atomic E-state index is 12.2. The number of carbonyl (C=O) groups excluding carboxylic acids is 1. The van der Waals surface area contributed by atoms with Crippen LogP contribution in [-0.4, -0.2) is 42.4 Å². The van der Waals surface area contributed by atoms with Crippen molar-refractivity contribution in [3.8, 4) is 0 Å². The topological polar surface area (TPSA) is 49.6 Å². The lowest BCUT2D eigenvalue weighted by Crippen LogP contribution is -2.35. The predicted molar refractivity (Wildman–Crippen MR) is 74.9 cm³/mol. The molecule has 1 saturated heterocycles. The largest absolute Gasteiger partial charge is 0.393 e. The van der Waals surface area contributed by atoms with Gasteiger partial charge in [-0.2, -0.15) is 0 Å². The third kappa shape index (κ3) is 3.65. The zero-order valence-corrected chi connectivity index (χ0v) is 12.0. The molecule has 4 heteroatoms. The molecule has 1 aliphatic heterocycles. The summed E-state index contributed by atoms with van der Waals surface area (Å²) in [5.74, 6) is -0.0211. The third-order valence-electron chi connectivity index (χ3n) is 3.56. The van der Waals surface area contributed by atoms with Gasteiger partial charge in [0.05, 0.1) is 0 Å². The van der Waals surface area contributed by atoms with E-state index in [1.54, 1.807) is 4.90 Å². The van der Waals surface area contributed by atoms with Crippen molar-refractivity contribution in [2.75, 3.05) is 26.7 Å². The Kier molecular flexibility index (Phi) is 6.02. The number of allylic oxidation sites excluding steroid dienone is 1. The molecule has 1 rings (SSSR count). The van der Waals surface area contributed by atoms with Crippen molar-refractivity contribution >= 4 is 5.91 Å². The molecular weight excluding hydrogens is 226 g/mol. The van der Waals surface area contributed by atoms with Crippen LogP contribution in [0.15, 0.2) is 11.4 Å². The number of rotatable bonds is 6. The molecule has 0 aromatic carbocycles. The number of hydrogen-bond acceptors (Lipinski definition) is 3. The average molecular weight is 253 g/mol. The van der Waals surface area contributed by atoms with Gasteiger partial charge < -0.3 is 15.5 Å². The van der Waals surface area contributed by atoms with Crippen LogP contribution in [0.25, 0.3) is 0 Å². The fourth-order valence-corrected chi connectivity index (χ4v) is 2.40. The molecule has 0 atom stereocenters. The highest BCUT2D eigenvalue weighted by Crippen LogP contribution is 2.19. The predicted octanol–water partition coefficient (Wildman–Crippen LogP) is 1.92. The first-order valence-corrected chi connectivity index (χ1v) is 7.10. The maximum Gasteiger partial charge on any atom is 0.271 e. The lowest BCUT2D eigenvalue weighted by Gasteiger charge is -2.25. The molecule has 0 aromatic rings. The molecule has 1 fully saturated rings. The zero-order chi connectivity index (χ0) is 13.5. The number of likely N-dealkylation sites (tertiary alicyclic amines) is 1. The molecule has 2 N–H and O–H groups in total. The Bertz CT molecular complexity index is 306. The van der Waals surface area contributed by atoms with E-state index in [1.165, 1.54) is 12.8 Å². The molecule has 18 heavy (non-hydrogen) atoms. The summed E-state index contributed by atoms with van der Waals surface area (Å²) in [5.41, 5.74) is 7.54. The minimum absolute atomic E-state index is 0.0211. The van der Waals surface area contributed by atoms with Crippen molar-refractivity contribution in [1.29, 1.82) is 0 Å². The first-order chi connectivity index (χ1) is 8.61. The molecule has 0 aliphatic carbocycles. The second kappa shape index (κ2) is 7.29. The van der Waals surface area contributed by atoms with E-state index in [0.29, 0.717) is 5.70 Å². The highest BCUT2D eigenvalue weighted by molar-refractivity contribution is 5.93. The van der Waals surface area contributed by atoms with Crippen LogP contribution >= 0.6 is 0 Å². The van der Waals surface area contributed by atoms with Gasteiger partial charge in [0, 0.05) is 32.4 Å². The van der Waals surface area contributed by atoms with Crippen LogP contribution in [0.1, 0.15) is 46.0 Å². The van der Waals surface area contributed by atoms with Crippen LogP contribution in [0.3, 0.4) is 0 Å². The molecule has 1 aliphatic rings. The van der Waals surface area contributed by atoms with Crippen LogP contribution < -0.4 is 5.73 Å². The van der Waals surface area contributed by atoms with Crippen molar-refractivity contribution < 1.29 is 4.79 Å². The standard InChI is InChI=1S/C14H27N3O/c1-4-6-9-16(3)14(18)13(15)12(5-2)17-10-7-8-11-17/h4-11,15H2,1-3H3/b13-12-. The van der Waals surface area contributed by atoms with Gasteiger partial charge in [-0.3, -0.25) is 4.79 Å². The van der Waals surface area contributed by atoms with E-state index < -0.39 is 0 Å². The van der Waals surface area contributed by atoms with E-state index in [9.17, 15) is 4.79 Å². The van der Waals surface area contributed by atoms with Gasteiger partial charge in [-0.15, -0.1) is 0 Å². The van der Waals surface area contributed by atoms with Crippen molar-refractivity contribution in [3.05, 3.63) is 11.4 Å². The Hall–Kier alpha value is -1.19. The van der Waals surface area contributed by atoms with E-state index in [2.05, 4.69) is 18.7 Å². The average Bonchev–Trinajstić information content (AvgIpc) is 2.89. The Morgan fingerprint density at radius 1 is 1.28 bits per heavy atom. The lowest BCUT2D eigenvalue weighted by atomic mass is 10.2. The molecule has 0 spiro atoms. The van der Waals surface area contributed by atoms with E-state index in [0.717, 1.165) is 44.6 Å². The summed E-state index contributed by atoms with van der Waals surface area (Å²) in [6.07, 6.45) is 5.36. The Morgan fingerprint density at radius 2 is 1.89 bits per heavy atom. The van der Waals surface area contributed by atoms with Crippen molar-refractivity contribution in [2.45, 2.75) is 46.0 Å². The Morgan fingerprint density at radius 3 is 2.39 bits per heavy atom.